The van der Waals surface area contributed by atoms with Crippen LogP contribution in [0.5, 0.6) is 0 Å². The van der Waals surface area contributed by atoms with E-state index in [1.54, 1.807) is 6.20 Å². The van der Waals surface area contributed by atoms with E-state index in [1.807, 2.05) is 6.07 Å². The lowest BCUT2D eigenvalue weighted by atomic mass is 9.93. The maximum Gasteiger partial charge on any atom is 0.0682 e. The van der Waals surface area contributed by atoms with Crippen LogP contribution in [0.25, 0.3) is 0 Å². The first-order chi connectivity index (χ1) is 7.78. The van der Waals surface area contributed by atoms with Crippen molar-refractivity contribution in [2.75, 3.05) is 19.6 Å². The minimum atomic E-state index is 0.688. The second-order valence-electron chi connectivity index (χ2n) is 4.47. The third-order valence-corrected chi connectivity index (χ3v) is 3.43. The first-order valence-electron chi connectivity index (χ1n) is 5.97. The highest BCUT2D eigenvalue weighted by atomic mass is 35.5. The van der Waals surface area contributed by atoms with Crippen LogP contribution < -0.4 is 0 Å². The van der Waals surface area contributed by atoms with Crippen molar-refractivity contribution < 1.29 is 0 Å². The summed E-state index contributed by atoms with van der Waals surface area (Å²) in [6.07, 6.45) is 5.19. The Morgan fingerprint density at radius 3 is 3.19 bits per heavy atom. The smallest absolute Gasteiger partial charge is 0.0682 e. The average Bonchev–Trinajstić information content (AvgIpc) is 2.29. The minimum Gasteiger partial charge on any atom is -0.303 e. The summed E-state index contributed by atoms with van der Waals surface area (Å²) in [7, 11) is 0. The zero-order valence-corrected chi connectivity index (χ0v) is 10.5. The molecule has 0 saturated carbocycles. The number of likely N-dealkylation sites (tertiary alicyclic amines) is 1. The van der Waals surface area contributed by atoms with Crippen LogP contribution >= 0.6 is 11.6 Å². The van der Waals surface area contributed by atoms with Gasteiger partial charge in [-0.3, -0.25) is 0 Å². The SMILES string of the molecule is CCN1CCCC(Cc2cc(Cl)cnn2)C1. The number of piperidine rings is 1. The standard InChI is InChI=1S/C12H18ClN3/c1-2-16-5-3-4-10(9-16)6-12-7-11(13)8-14-15-12/h7-8,10H,2-6,9H2,1H3. The van der Waals surface area contributed by atoms with Gasteiger partial charge in [-0.2, -0.15) is 10.2 Å². The third kappa shape index (κ3) is 3.16. The summed E-state index contributed by atoms with van der Waals surface area (Å²) in [5.74, 6) is 0.710. The molecule has 1 unspecified atom stereocenters. The van der Waals surface area contributed by atoms with E-state index in [9.17, 15) is 0 Å². The second-order valence-corrected chi connectivity index (χ2v) is 4.91. The molecule has 1 aliphatic heterocycles. The van der Waals surface area contributed by atoms with Crippen LogP contribution in [0.4, 0.5) is 0 Å². The molecule has 0 bridgehead atoms. The highest BCUT2D eigenvalue weighted by Gasteiger charge is 2.19. The Balaban J connectivity index is 1.94. The molecular weight excluding hydrogens is 222 g/mol. The molecule has 1 aliphatic rings. The Labute approximate surface area is 102 Å². The van der Waals surface area contributed by atoms with Crippen molar-refractivity contribution in [1.82, 2.24) is 15.1 Å². The van der Waals surface area contributed by atoms with Gasteiger partial charge in [0, 0.05) is 6.54 Å². The third-order valence-electron chi connectivity index (χ3n) is 3.22. The van der Waals surface area contributed by atoms with E-state index >= 15 is 0 Å². The monoisotopic (exact) mass is 239 g/mol. The summed E-state index contributed by atoms with van der Waals surface area (Å²) in [5, 5.41) is 8.71. The van der Waals surface area contributed by atoms with Gasteiger partial charge in [0.1, 0.15) is 0 Å². The van der Waals surface area contributed by atoms with Crippen molar-refractivity contribution in [2.24, 2.45) is 5.92 Å². The van der Waals surface area contributed by atoms with Crippen molar-refractivity contribution in [3.8, 4) is 0 Å². The van der Waals surface area contributed by atoms with E-state index in [-0.39, 0.29) is 0 Å². The van der Waals surface area contributed by atoms with Crippen molar-refractivity contribution >= 4 is 11.6 Å². The quantitative estimate of drug-likeness (QED) is 0.811. The number of nitrogens with zero attached hydrogens (tertiary/aromatic N) is 3. The summed E-state index contributed by atoms with van der Waals surface area (Å²) in [4.78, 5) is 2.51. The molecule has 0 N–H and O–H groups in total. The molecule has 1 aromatic heterocycles. The molecule has 88 valence electrons. The highest BCUT2D eigenvalue weighted by molar-refractivity contribution is 6.30. The fourth-order valence-electron chi connectivity index (χ4n) is 2.38. The second kappa shape index (κ2) is 5.60. The lowest BCUT2D eigenvalue weighted by Gasteiger charge is -2.31. The number of hydrogen-bond acceptors (Lipinski definition) is 3. The van der Waals surface area contributed by atoms with Gasteiger partial charge in [-0.05, 0) is 44.3 Å². The van der Waals surface area contributed by atoms with Gasteiger partial charge in [-0.25, -0.2) is 0 Å². The van der Waals surface area contributed by atoms with E-state index in [0.29, 0.717) is 10.9 Å². The van der Waals surface area contributed by atoms with Crippen molar-refractivity contribution in [2.45, 2.75) is 26.2 Å². The molecule has 0 aromatic carbocycles. The van der Waals surface area contributed by atoms with Crippen LogP contribution in [0.3, 0.4) is 0 Å². The highest BCUT2D eigenvalue weighted by Crippen LogP contribution is 2.20. The Morgan fingerprint density at radius 2 is 2.44 bits per heavy atom. The summed E-state index contributed by atoms with van der Waals surface area (Å²) >= 11 is 5.91. The molecule has 0 aliphatic carbocycles. The van der Waals surface area contributed by atoms with Crippen molar-refractivity contribution in [3.05, 3.63) is 23.0 Å². The van der Waals surface area contributed by atoms with Gasteiger partial charge in [0.25, 0.3) is 0 Å². The molecule has 1 fully saturated rings. The molecule has 16 heavy (non-hydrogen) atoms. The Morgan fingerprint density at radius 1 is 1.56 bits per heavy atom. The Hall–Kier alpha value is -0.670. The maximum atomic E-state index is 5.91. The lowest BCUT2D eigenvalue weighted by Crippen LogP contribution is -2.36. The number of rotatable bonds is 3. The summed E-state index contributed by atoms with van der Waals surface area (Å²) in [5.41, 5.74) is 1.02. The van der Waals surface area contributed by atoms with Crippen molar-refractivity contribution in [3.63, 3.8) is 0 Å². The number of aromatic nitrogens is 2. The summed E-state index contributed by atoms with van der Waals surface area (Å²) in [6, 6.07) is 1.93. The zero-order valence-electron chi connectivity index (χ0n) is 9.69. The molecule has 2 rings (SSSR count). The average molecular weight is 240 g/mol. The van der Waals surface area contributed by atoms with E-state index < -0.39 is 0 Å². The van der Waals surface area contributed by atoms with Gasteiger partial charge in [0.15, 0.2) is 0 Å². The molecule has 0 amide bonds. The molecule has 2 heterocycles. The number of halogens is 1. The molecule has 0 radical (unpaired) electrons. The van der Waals surface area contributed by atoms with Crippen LogP contribution in [0, 0.1) is 5.92 Å². The largest absolute Gasteiger partial charge is 0.303 e. The molecule has 1 aromatic rings. The minimum absolute atomic E-state index is 0.688. The fourth-order valence-corrected chi connectivity index (χ4v) is 2.55. The molecule has 1 atom stereocenters. The predicted octanol–water partition coefficient (Wildman–Crippen LogP) is 2.40. The van der Waals surface area contributed by atoms with Crippen LogP contribution in [-0.2, 0) is 6.42 Å². The van der Waals surface area contributed by atoms with Gasteiger partial charge in [-0.15, -0.1) is 0 Å². The topological polar surface area (TPSA) is 29.0 Å². The van der Waals surface area contributed by atoms with E-state index in [0.717, 1.165) is 18.7 Å². The van der Waals surface area contributed by atoms with Crippen LogP contribution in [-0.4, -0.2) is 34.7 Å². The van der Waals surface area contributed by atoms with Gasteiger partial charge >= 0.3 is 0 Å². The molecule has 3 nitrogen and oxygen atoms in total. The van der Waals surface area contributed by atoms with Gasteiger partial charge in [-0.1, -0.05) is 18.5 Å². The molecular formula is C12H18ClN3. The van der Waals surface area contributed by atoms with Crippen LogP contribution in [0.2, 0.25) is 5.02 Å². The maximum absolute atomic E-state index is 5.91. The summed E-state index contributed by atoms with van der Waals surface area (Å²) < 4.78 is 0. The van der Waals surface area contributed by atoms with Gasteiger partial charge in [0.05, 0.1) is 16.9 Å². The normalized spacial score (nSPS) is 22.2. The van der Waals surface area contributed by atoms with Gasteiger partial charge < -0.3 is 4.90 Å². The Kier molecular flexibility index (Phi) is 4.13. The van der Waals surface area contributed by atoms with Crippen molar-refractivity contribution in [1.29, 1.82) is 0 Å². The first-order valence-corrected chi connectivity index (χ1v) is 6.35. The van der Waals surface area contributed by atoms with E-state index in [4.69, 9.17) is 11.6 Å². The first kappa shape index (κ1) is 11.8. The van der Waals surface area contributed by atoms with E-state index in [2.05, 4.69) is 22.0 Å². The molecule has 4 heteroatoms. The Bertz CT molecular complexity index is 343. The van der Waals surface area contributed by atoms with E-state index in [1.165, 1.54) is 25.9 Å². The van der Waals surface area contributed by atoms with Crippen LogP contribution in [0.1, 0.15) is 25.5 Å². The predicted molar refractivity (Wildman–Crippen MR) is 65.6 cm³/mol. The van der Waals surface area contributed by atoms with Crippen LogP contribution in [0.15, 0.2) is 12.3 Å². The lowest BCUT2D eigenvalue weighted by molar-refractivity contribution is 0.181. The van der Waals surface area contributed by atoms with Gasteiger partial charge in [0.2, 0.25) is 0 Å². The molecule has 0 spiro atoms. The summed E-state index contributed by atoms with van der Waals surface area (Å²) in [6.45, 7) is 5.80. The fraction of sp³-hybridized carbons (Fsp3) is 0.667. The zero-order chi connectivity index (χ0) is 11.4. The molecule has 1 saturated heterocycles. The number of hydrogen-bond donors (Lipinski definition) is 0.